The number of nitro groups is 1. The number of carbonyl (C=O) groups is 1. The minimum Gasteiger partial charge on any atom is -0.383 e. The molecule has 6 heteroatoms. The minimum atomic E-state index is -0.481. The number of nitro benzene ring substituents is 1. The number of carbonyl (C=O) groups excluding carboxylic acids is 1. The van der Waals surface area contributed by atoms with E-state index in [4.69, 9.17) is 0 Å². The first-order valence-electron chi connectivity index (χ1n) is 6.44. The number of hydrogen-bond acceptors (Lipinski definition) is 4. The molecule has 6 nitrogen and oxygen atoms in total. The van der Waals surface area contributed by atoms with Crippen molar-refractivity contribution in [3.8, 4) is 0 Å². The molecule has 0 radical (unpaired) electrons. The van der Waals surface area contributed by atoms with Crippen LogP contribution in [0.3, 0.4) is 0 Å². The van der Waals surface area contributed by atoms with Gasteiger partial charge in [0.25, 0.3) is 11.6 Å². The van der Waals surface area contributed by atoms with Crippen molar-refractivity contribution in [2.24, 2.45) is 5.41 Å². The molecule has 20 heavy (non-hydrogen) atoms. The van der Waals surface area contributed by atoms with Crippen molar-refractivity contribution in [3.63, 3.8) is 0 Å². The lowest BCUT2D eigenvalue weighted by atomic mass is 9.88. The van der Waals surface area contributed by atoms with E-state index >= 15 is 0 Å². The van der Waals surface area contributed by atoms with Gasteiger partial charge in [-0.3, -0.25) is 14.9 Å². The Morgan fingerprint density at radius 3 is 2.40 bits per heavy atom. The first-order valence-corrected chi connectivity index (χ1v) is 6.44. The van der Waals surface area contributed by atoms with E-state index in [0.29, 0.717) is 11.3 Å². The van der Waals surface area contributed by atoms with Crippen molar-refractivity contribution in [1.82, 2.24) is 5.32 Å². The molecule has 0 aliphatic rings. The third-order valence-corrected chi connectivity index (χ3v) is 3.37. The zero-order chi connectivity index (χ0) is 15.5. The molecule has 110 valence electrons. The third kappa shape index (κ3) is 3.69. The molecular formula is C14H21N3O3. The van der Waals surface area contributed by atoms with E-state index in [1.165, 1.54) is 18.2 Å². The lowest BCUT2D eigenvalue weighted by Crippen LogP contribution is -2.41. The lowest BCUT2D eigenvalue weighted by Gasteiger charge is -2.28. The fourth-order valence-corrected chi connectivity index (χ4v) is 1.53. The highest BCUT2D eigenvalue weighted by Crippen LogP contribution is 2.25. The molecule has 1 amide bonds. The molecule has 1 unspecified atom stereocenters. The number of rotatable bonds is 4. The van der Waals surface area contributed by atoms with Gasteiger partial charge in [-0.2, -0.15) is 0 Å². The SMILES string of the molecule is CNc1cc(C(=O)NC(C)C(C)(C)C)ccc1[N+](=O)[O-]. The predicted molar refractivity (Wildman–Crippen MR) is 79.0 cm³/mol. The van der Waals surface area contributed by atoms with E-state index in [2.05, 4.69) is 10.6 Å². The molecular weight excluding hydrogens is 258 g/mol. The molecule has 1 aromatic carbocycles. The Morgan fingerprint density at radius 1 is 1.35 bits per heavy atom. The Kier molecular flexibility index (Phi) is 4.70. The van der Waals surface area contributed by atoms with Crippen LogP contribution in [-0.4, -0.2) is 23.9 Å². The van der Waals surface area contributed by atoms with Crippen LogP contribution in [-0.2, 0) is 0 Å². The molecule has 0 aliphatic carbocycles. The number of amides is 1. The highest BCUT2D eigenvalue weighted by atomic mass is 16.6. The summed E-state index contributed by atoms with van der Waals surface area (Å²) in [6.07, 6.45) is 0. The maximum Gasteiger partial charge on any atom is 0.292 e. The van der Waals surface area contributed by atoms with Gasteiger partial charge < -0.3 is 10.6 Å². The highest BCUT2D eigenvalue weighted by Gasteiger charge is 2.23. The number of anilines is 1. The topological polar surface area (TPSA) is 84.3 Å². The lowest BCUT2D eigenvalue weighted by molar-refractivity contribution is -0.383. The summed E-state index contributed by atoms with van der Waals surface area (Å²) in [5.41, 5.74) is 0.623. The smallest absolute Gasteiger partial charge is 0.292 e. The van der Waals surface area contributed by atoms with E-state index in [9.17, 15) is 14.9 Å². The average Bonchev–Trinajstić information content (AvgIpc) is 2.36. The Hall–Kier alpha value is -2.11. The molecule has 0 aromatic heterocycles. The summed E-state index contributed by atoms with van der Waals surface area (Å²) in [5.74, 6) is -0.237. The summed E-state index contributed by atoms with van der Waals surface area (Å²) < 4.78 is 0. The van der Waals surface area contributed by atoms with Gasteiger partial charge in [0.15, 0.2) is 0 Å². The molecule has 0 saturated carbocycles. The Balaban J connectivity index is 2.98. The van der Waals surface area contributed by atoms with Crippen molar-refractivity contribution < 1.29 is 9.72 Å². The first-order chi connectivity index (χ1) is 9.16. The van der Waals surface area contributed by atoms with Gasteiger partial charge in [-0.05, 0) is 24.5 Å². The van der Waals surface area contributed by atoms with E-state index in [0.717, 1.165) is 0 Å². The number of nitrogens with zero attached hydrogens (tertiary/aromatic N) is 1. The normalized spacial score (nSPS) is 12.7. The van der Waals surface area contributed by atoms with Crippen molar-refractivity contribution in [1.29, 1.82) is 0 Å². The molecule has 1 rings (SSSR count). The summed E-state index contributed by atoms with van der Waals surface area (Å²) in [6, 6.07) is 4.28. The summed E-state index contributed by atoms with van der Waals surface area (Å²) >= 11 is 0. The van der Waals surface area contributed by atoms with Crippen LogP contribution in [0, 0.1) is 15.5 Å². The maximum absolute atomic E-state index is 12.1. The summed E-state index contributed by atoms with van der Waals surface area (Å²) in [6.45, 7) is 8.04. The van der Waals surface area contributed by atoms with Crippen LogP contribution in [0.1, 0.15) is 38.1 Å². The van der Waals surface area contributed by atoms with Crippen LogP contribution >= 0.6 is 0 Å². The predicted octanol–water partition coefficient (Wildman–Crippen LogP) is 2.80. The zero-order valence-electron chi connectivity index (χ0n) is 12.5. The third-order valence-electron chi connectivity index (χ3n) is 3.37. The van der Waals surface area contributed by atoms with Gasteiger partial charge in [-0.15, -0.1) is 0 Å². The van der Waals surface area contributed by atoms with Crippen molar-refractivity contribution in [3.05, 3.63) is 33.9 Å². The Morgan fingerprint density at radius 2 is 1.95 bits per heavy atom. The Bertz CT molecular complexity index is 521. The quantitative estimate of drug-likeness (QED) is 0.655. The molecule has 0 heterocycles. The molecule has 0 saturated heterocycles. The second-order valence-corrected chi connectivity index (χ2v) is 5.80. The van der Waals surface area contributed by atoms with Crippen LogP contribution < -0.4 is 10.6 Å². The van der Waals surface area contributed by atoms with Gasteiger partial charge in [0.2, 0.25) is 0 Å². The maximum atomic E-state index is 12.1. The molecule has 0 aliphatic heterocycles. The fraction of sp³-hybridized carbons (Fsp3) is 0.500. The van der Waals surface area contributed by atoms with Crippen LogP contribution in [0.5, 0.6) is 0 Å². The van der Waals surface area contributed by atoms with Crippen LogP contribution in [0.2, 0.25) is 0 Å². The molecule has 0 fully saturated rings. The summed E-state index contributed by atoms with van der Waals surface area (Å²) in [4.78, 5) is 22.5. The minimum absolute atomic E-state index is 0.0109. The zero-order valence-corrected chi connectivity index (χ0v) is 12.5. The standard InChI is InChI=1S/C14H21N3O3/c1-9(14(2,3)4)16-13(18)10-6-7-12(17(19)20)11(8-10)15-5/h6-9,15H,1-5H3,(H,16,18). The van der Waals surface area contributed by atoms with Crippen LogP contribution in [0.25, 0.3) is 0 Å². The van der Waals surface area contributed by atoms with E-state index in [1.807, 2.05) is 27.7 Å². The van der Waals surface area contributed by atoms with Gasteiger partial charge in [0.1, 0.15) is 5.69 Å². The Labute approximate surface area is 118 Å². The largest absolute Gasteiger partial charge is 0.383 e. The molecule has 1 atom stereocenters. The van der Waals surface area contributed by atoms with Gasteiger partial charge >= 0.3 is 0 Å². The van der Waals surface area contributed by atoms with E-state index in [-0.39, 0.29) is 23.1 Å². The second kappa shape index (κ2) is 5.90. The van der Waals surface area contributed by atoms with Crippen LogP contribution in [0.4, 0.5) is 11.4 Å². The summed E-state index contributed by atoms with van der Waals surface area (Å²) in [5, 5.41) is 16.5. The number of benzene rings is 1. The fourth-order valence-electron chi connectivity index (χ4n) is 1.53. The van der Waals surface area contributed by atoms with Crippen molar-refractivity contribution >= 4 is 17.3 Å². The number of nitrogens with one attached hydrogen (secondary N) is 2. The highest BCUT2D eigenvalue weighted by molar-refractivity contribution is 5.96. The first kappa shape index (κ1) is 15.9. The molecule has 0 bridgehead atoms. The average molecular weight is 279 g/mol. The van der Waals surface area contributed by atoms with Gasteiger partial charge in [0, 0.05) is 24.7 Å². The monoisotopic (exact) mass is 279 g/mol. The summed E-state index contributed by atoms with van der Waals surface area (Å²) in [7, 11) is 1.59. The van der Waals surface area contributed by atoms with Crippen molar-refractivity contribution in [2.75, 3.05) is 12.4 Å². The van der Waals surface area contributed by atoms with Gasteiger partial charge in [-0.25, -0.2) is 0 Å². The van der Waals surface area contributed by atoms with Gasteiger partial charge in [0.05, 0.1) is 4.92 Å². The molecule has 1 aromatic rings. The number of hydrogen-bond donors (Lipinski definition) is 2. The van der Waals surface area contributed by atoms with E-state index < -0.39 is 4.92 Å². The molecule has 2 N–H and O–H groups in total. The second-order valence-electron chi connectivity index (χ2n) is 5.80. The molecule has 0 spiro atoms. The van der Waals surface area contributed by atoms with Crippen LogP contribution in [0.15, 0.2) is 18.2 Å². The van der Waals surface area contributed by atoms with E-state index in [1.54, 1.807) is 7.05 Å². The van der Waals surface area contributed by atoms with Gasteiger partial charge in [-0.1, -0.05) is 20.8 Å². The van der Waals surface area contributed by atoms with Crippen molar-refractivity contribution in [2.45, 2.75) is 33.7 Å².